The summed E-state index contributed by atoms with van der Waals surface area (Å²) in [6.07, 6.45) is 3.98. The molecule has 3 rings (SSSR count). The maximum Gasteiger partial charge on any atom is 0.272 e. The van der Waals surface area contributed by atoms with Crippen LogP contribution in [-0.4, -0.2) is 35.9 Å². The zero-order valence-electron chi connectivity index (χ0n) is 14.9. The topological polar surface area (TPSA) is 68.2 Å². The van der Waals surface area contributed by atoms with Crippen LogP contribution in [0.4, 0.5) is 4.39 Å². The van der Waals surface area contributed by atoms with Crippen LogP contribution in [0.1, 0.15) is 47.9 Å². The predicted octanol–water partition coefficient (Wildman–Crippen LogP) is 2.87. The van der Waals surface area contributed by atoms with Gasteiger partial charge in [-0.15, -0.1) is 12.4 Å². The molecule has 0 bridgehead atoms. The molecular weight excluding hydrogens is 359 g/mol. The molecular formula is C18H24ClFN4O2. The van der Waals surface area contributed by atoms with Crippen molar-refractivity contribution in [2.24, 2.45) is 0 Å². The van der Waals surface area contributed by atoms with E-state index in [1.54, 1.807) is 19.1 Å². The minimum Gasteiger partial charge on any atom is -0.496 e. The molecule has 2 heterocycles. The van der Waals surface area contributed by atoms with E-state index in [4.69, 9.17) is 4.74 Å². The Morgan fingerprint density at radius 3 is 2.96 bits per heavy atom. The van der Waals surface area contributed by atoms with Crippen LogP contribution in [0.15, 0.2) is 30.5 Å². The summed E-state index contributed by atoms with van der Waals surface area (Å²) in [4.78, 5) is 12.5. The van der Waals surface area contributed by atoms with Gasteiger partial charge in [0, 0.05) is 18.3 Å². The van der Waals surface area contributed by atoms with Crippen molar-refractivity contribution < 1.29 is 13.9 Å². The van der Waals surface area contributed by atoms with Crippen molar-refractivity contribution in [1.29, 1.82) is 0 Å². The predicted molar refractivity (Wildman–Crippen MR) is 99.4 cm³/mol. The maximum absolute atomic E-state index is 13.5. The first-order chi connectivity index (χ1) is 12.1. The molecule has 2 aromatic rings. The highest BCUT2D eigenvalue weighted by Gasteiger charge is 2.20. The molecule has 1 saturated heterocycles. The van der Waals surface area contributed by atoms with Crippen molar-refractivity contribution >= 4 is 18.3 Å². The summed E-state index contributed by atoms with van der Waals surface area (Å²) in [6, 6.07) is 5.83. The molecule has 1 aromatic carbocycles. The lowest BCUT2D eigenvalue weighted by Gasteiger charge is -2.23. The van der Waals surface area contributed by atoms with Gasteiger partial charge < -0.3 is 15.4 Å². The Bertz CT molecular complexity index is 747. The Labute approximate surface area is 158 Å². The van der Waals surface area contributed by atoms with Gasteiger partial charge in [-0.25, -0.2) is 4.39 Å². The molecule has 26 heavy (non-hydrogen) atoms. The Hall–Kier alpha value is -2.12. The molecule has 8 heteroatoms. The van der Waals surface area contributed by atoms with Gasteiger partial charge in [-0.05, 0) is 50.6 Å². The van der Waals surface area contributed by atoms with E-state index in [1.165, 1.54) is 19.2 Å². The summed E-state index contributed by atoms with van der Waals surface area (Å²) in [5.41, 5.74) is 0.944. The Kier molecular flexibility index (Phi) is 6.99. The fraction of sp³-hybridized carbons (Fsp3) is 0.444. The fourth-order valence-electron chi connectivity index (χ4n) is 3.11. The largest absolute Gasteiger partial charge is 0.496 e. The summed E-state index contributed by atoms with van der Waals surface area (Å²) in [7, 11) is 1.52. The first-order valence-electron chi connectivity index (χ1n) is 8.48. The van der Waals surface area contributed by atoms with Crippen molar-refractivity contribution in [3.63, 3.8) is 0 Å². The Morgan fingerprint density at radius 1 is 1.46 bits per heavy atom. The van der Waals surface area contributed by atoms with Gasteiger partial charge in [-0.2, -0.15) is 5.10 Å². The third-order valence-corrected chi connectivity index (χ3v) is 4.49. The highest BCUT2D eigenvalue weighted by Crippen LogP contribution is 2.26. The van der Waals surface area contributed by atoms with Crippen molar-refractivity contribution in [2.75, 3.05) is 20.2 Å². The van der Waals surface area contributed by atoms with E-state index in [2.05, 4.69) is 15.7 Å². The lowest BCUT2D eigenvalue weighted by molar-refractivity contribution is 0.0933. The van der Waals surface area contributed by atoms with Crippen molar-refractivity contribution in [3.8, 4) is 5.75 Å². The van der Waals surface area contributed by atoms with Gasteiger partial charge >= 0.3 is 0 Å². The number of hydrogen-bond acceptors (Lipinski definition) is 4. The number of hydrogen-bond donors (Lipinski definition) is 2. The van der Waals surface area contributed by atoms with E-state index in [9.17, 15) is 9.18 Å². The van der Waals surface area contributed by atoms with E-state index < -0.39 is 6.04 Å². The van der Waals surface area contributed by atoms with Crippen molar-refractivity contribution in [2.45, 2.75) is 31.8 Å². The molecule has 0 saturated carbocycles. The number of piperidine rings is 1. The highest BCUT2D eigenvalue weighted by molar-refractivity contribution is 5.92. The summed E-state index contributed by atoms with van der Waals surface area (Å²) in [5, 5.41) is 10.6. The second-order valence-corrected chi connectivity index (χ2v) is 6.26. The first kappa shape index (κ1) is 20.2. The quantitative estimate of drug-likeness (QED) is 0.834. The molecule has 6 nitrogen and oxygen atoms in total. The van der Waals surface area contributed by atoms with Crippen LogP contribution < -0.4 is 15.4 Å². The second-order valence-electron chi connectivity index (χ2n) is 6.26. The van der Waals surface area contributed by atoms with E-state index in [0.717, 1.165) is 25.9 Å². The standard InChI is InChI=1S/C18H23FN4O2.ClH/c1-12(15-10-13(19)5-6-17(15)25-2)21-18(24)16-7-9-23(22-16)14-4-3-8-20-11-14;/h5-7,9-10,12,14,20H,3-4,8,11H2,1-2H3,(H,21,24);1H. The Morgan fingerprint density at radius 2 is 2.27 bits per heavy atom. The molecule has 1 aliphatic heterocycles. The summed E-state index contributed by atoms with van der Waals surface area (Å²) >= 11 is 0. The van der Waals surface area contributed by atoms with Gasteiger partial charge in [0.25, 0.3) is 5.91 Å². The molecule has 0 aliphatic carbocycles. The number of ether oxygens (including phenoxy) is 1. The number of benzene rings is 1. The van der Waals surface area contributed by atoms with Crippen molar-refractivity contribution in [3.05, 3.63) is 47.5 Å². The van der Waals surface area contributed by atoms with Gasteiger partial charge in [0.1, 0.15) is 17.3 Å². The molecule has 2 unspecified atom stereocenters. The van der Waals surface area contributed by atoms with Gasteiger partial charge in [-0.3, -0.25) is 9.48 Å². The maximum atomic E-state index is 13.5. The zero-order chi connectivity index (χ0) is 17.8. The van der Waals surface area contributed by atoms with Crippen LogP contribution in [0.25, 0.3) is 0 Å². The number of halogens is 2. The molecule has 0 spiro atoms. The lowest BCUT2D eigenvalue weighted by Crippen LogP contribution is -2.32. The number of carbonyl (C=O) groups excluding carboxylic acids is 1. The van der Waals surface area contributed by atoms with E-state index in [0.29, 0.717) is 17.0 Å². The molecule has 2 N–H and O–H groups in total. The number of aromatic nitrogens is 2. The fourth-order valence-corrected chi connectivity index (χ4v) is 3.11. The van der Waals surface area contributed by atoms with Gasteiger partial charge in [0.05, 0.1) is 19.2 Å². The third kappa shape index (κ3) is 4.53. The molecule has 1 fully saturated rings. The van der Waals surface area contributed by atoms with Crippen LogP contribution in [0.5, 0.6) is 5.75 Å². The normalized spacial score (nSPS) is 17.9. The van der Waals surface area contributed by atoms with Crippen LogP contribution in [0.2, 0.25) is 0 Å². The highest BCUT2D eigenvalue weighted by atomic mass is 35.5. The number of nitrogens with zero attached hydrogens (tertiary/aromatic N) is 2. The average Bonchev–Trinajstić information content (AvgIpc) is 3.12. The van der Waals surface area contributed by atoms with Crippen LogP contribution >= 0.6 is 12.4 Å². The van der Waals surface area contributed by atoms with Gasteiger partial charge in [0.2, 0.25) is 0 Å². The molecule has 1 aromatic heterocycles. The number of amides is 1. The van der Waals surface area contributed by atoms with E-state index in [1.807, 2.05) is 10.9 Å². The van der Waals surface area contributed by atoms with Crippen LogP contribution in [0, 0.1) is 5.82 Å². The molecule has 2 atom stereocenters. The molecule has 1 aliphatic rings. The minimum absolute atomic E-state index is 0. The van der Waals surface area contributed by atoms with Crippen LogP contribution in [0.3, 0.4) is 0 Å². The zero-order valence-corrected chi connectivity index (χ0v) is 15.7. The Balaban J connectivity index is 0.00000243. The molecule has 0 radical (unpaired) electrons. The number of methoxy groups -OCH3 is 1. The summed E-state index contributed by atoms with van der Waals surface area (Å²) in [6.45, 7) is 3.68. The van der Waals surface area contributed by atoms with Crippen molar-refractivity contribution in [1.82, 2.24) is 20.4 Å². The number of nitrogens with one attached hydrogen (secondary N) is 2. The average molecular weight is 383 g/mol. The first-order valence-corrected chi connectivity index (χ1v) is 8.48. The van der Waals surface area contributed by atoms with Gasteiger partial charge in [-0.1, -0.05) is 0 Å². The second kappa shape index (κ2) is 9.00. The number of rotatable bonds is 5. The third-order valence-electron chi connectivity index (χ3n) is 4.49. The smallest absolute Gasteiger partial charge is 0.272 e. The van der Waals surface area contributed by atoms with Gasteiger partial charge in [0.15, 0.2) is 0 Å². The van der Waals surface area contributed by atoms with E-state index in [-0.39, 0.29) is 30.2 Å². The summed E-state index contributed by atoms with van der Waals surface area (Å²) in [5.74, 6) is -0.125. The van der Waals surface area contributed by atoms with Crippen LogP contribution in [-0.2, 0) is 0 Å². The lowest BCUT2D eigenvalue weighted by atomic mass is 10.1. The minimum atomic E-state index is -0.403. The van der Waals surface area contributed by atoms with E-state index >= 15 is 0 Å². The molecule has 1 amide bonds. The summed E-state index contributed by atoms with van der Waals surface area (Å²) < 4.78 is 20.6. The SMILES string of the molecule is COc1ccc(F)cc1C(C)NC(=O)c1ccn(C2CCCNC2)n1.Cl. The molecule has 142 valence electrons. The number of carbonyl (C=O) groups is 1. The monoisotopic (exact) mass is 382 g/mol.